The first-order valence-corrected chi connectivity index (χ1v) is 6.38. The zero-order chi connectivity index (χ0) is 14.4. The van der Waals surface area contributed by atoms with Gasteiger partial charge in [-0.05, 0) is 11.5 Å². The summed E-state index contributed by atoms with van der Waals surface area (Å²) in [4.78, 5) is 18.6. The fraction of sp³-hybridized carbons (Fsp3) is 0. The maximum atomic E-state index is 10.9. The van der Waals surface area contributed by atoms with Crippen molar-refractivity contribution in [1.29, 1.82) is 0 Å². The van der Waals surface area contributed by atoms with Gasteiger partial charge < -0.3 is 10.1 Å². The van der Waals surface area contributed by atoms with Crippen LogP contribution in [0.5, 0.6) is 0 Å². The molecule has 0 unspecified atom stereocenters. The van der Waals surface area contributed by atoms with Crippen LogP contribution in [0, 0.1) is 0 Å². The van der Waals surface area contributed by atoms with Gasteiger partial charge in [0.1, 0.15) is 0 Å². The van der Waals surface area contributed by atoms with E-state index < -0.39 is 5.97 Å². The molecular formula is C15H10N4O2. The second-order valence-corrected chi connectivity index (χ2v) is 4.72. The number of aromatic amines is 1. The topological polar surface area (TPSA) is 83.8 Å². The van der Waals surface area contributed by atoms with Crippen LogP contribution < -0.4 is 0 Å². The van der Waals surface area contributed by atoms with Gasteiger partial charge in [-0.15, -0.1) is 0 Å². The fourth-order valence-electron chi connectivity index (χ4n) is 2.39. The van der Waals surface area contributed by atoms with E-state index in [4.69, 9.17) is 5.11 Å². The number of carboxylic acids is 1. The molecule has 0 fully saturated rings. The van der Waals surface area contributed by atoms with Gasteiger partial charge in [-0.1, -0.05) is 30.3 Å². The van der Waals surface area contributed by atoms with E-state index in [1.54, 1.807) is 0 Å². The first kappa shape index (κ1) is 11.7. The Kier molecular flexibility index (Phi) is 2.32. The van der Waals surface area contributed by atoms with Gasteiger partial charge in [0.2, 0.25) is 5.95 Å². The van der Waals surface area contributed by atoms with Crippen molar-refractivity contribution >= 4 is 27.8 Å². The van der Waals surface area contributed by atoms with Gasteiger partial charge in [-0.25, -0.2) is 14.5 Å². The van der Waals surface area contributed by atoms with Gasteiger partial charge in [0.05, 0.1) is 22.8 Å². The van der Waals surface area contributed by atoms with Crippen molar-refractivity contribution < 1.29 is 9.90 Å². The van der Waals surface area contributed by atoms with Gasteiger partial charge in [0.15, 0.2) is 0 Å². The Morgan fingerprint density at radius 1 is 1.19 bits per heavy atom. The molecule has 0 saturated carbocycles. The second-order valence-electron chi connectivity index (χ2n) is 4.72. The Morgan fingerprint density at radius 2 is 2.05 bits per heavy atom. The summed E-state index contributed by atoms with van der Waals surface area (Å²) in [6, 6.07) is 12.0. The summed E-state index contributed by atoms with van der Waals surface area (Å²) in [5.41, 5.74) is 1.85. The van der Waals surface area contributed by atoms with Crippen LogP contribution in [0.2, 0.25) is 0 Å². The van der Waals surface area contributed by atoms with Crippen LogP contribution in [0.15, 0.2) is 48.8 Å². The standard InChI is InChI=1S/C15H10N4O2/c20-14(21)10-7-16-19(8-10)15-17-12-6-5-9-3-1-2-4-11(9)13(12)18-15/h1-8H,(H,17,18)(H,20,21). The largest absolute Gasteiger partial charge is 0.478 e. The summed E-state index contributed by atoms with van der Waals surface area (Å²) in [7, 11) is 0. The zero-order valence-electron chi connectivity index (χ0n) is 10.8. The third kappa shape index (κ3) is 1.77. The molecule has 2 aromatic carbocycles. The molecule has 6 nitrogen and oxygen atoms in total. The molecule has 0 aliphatic heterocycles. The molecule has 0 bridgehead atoms. The molecule has 0 saturated heterocycles. The quantitative estimate of drug-likeness (QED) is 0.590. The summed E-state index contributed by atoms with van der Waals surface area (Å²) in [5, 5.41) is 15.1. The average Bonchev–Trinajstić information content (AvgIpc) is 3.13. The Labute approximate surface area is 118 Å². The van der Waals surface area contributed by atoms with Crippen molar-refractivity contribution in [3.05, 3.63) is 54.4 Å². The number of hydrogen-bond donors (Lipinski definition) is 2. The molecule has 2 N–H and O–H groups in total. The number of carbonyl (C=O) groups is 1. The molecule has 2 aromatic heterocycles. The van der Waals surface area contributed by atoms with E-state index in [9.17, 15) is 4.79 Å². The monoisotopic (exact) mass is 278 g/mol. The lowest BCUT2D eigenvalue weighted by Gasteiger charge is -1.96. The zero-order valence-corrected chi connectivity index (χ0v) is 10.8. The summed E-state index contributed by atoms with van der Waals surface area (Å²) >= 11 is 0. The van der Waals surface area contributed by atoms with E-state index in [0.29, 0.717) is 5.95 Å². The molecule has 0 aliphatic carbocycles. The number of aromatic carboxylic acids is 1. The minimum atomic E-state index is -1.01. The smallest absolute Gasteiger partial charge is 0.338 e. The summed E-state index contributed by atoms with van der Waals surface area (Å²) < 4.78 is 1.43. The van der Waals surface area contributed by atoms with Gasteiger partial charge in [0.25, 0.3) is 0 Å². The van der Waals surface area contributed by atoms with Crippen molar-refractivity contribution in [2.24, 2.45) is 0 Å². The highest BCUT2D eigenvalue weighted by Crippen LogP contribution is 2.24. The second kappa shape index (κ2) is 4.17. The Morgan fingerprint density at radius 3 is 2.86 bits per heavy atom. The lowest BCUT2D eigenvalue weighted by molar-refractivity contribution is 0.0697. The van der Waals surface area contributed by atoms with Crippen LogP contribution in [0.1, 0.15) is 10.4 Å². The van der Waals surface area contributed by atoms with Crippen molar-refractivity contribution in [3.8, 4) is 5.95 Å². The number of benzene rings is 2. The summed E-state index contributed by atoms with van der Waals surface area (Å²) in [6.07, 6.45) is 2.73. The molecule has 4 rings (SSSR count). The average molecular weight is 278 g/mol. The number of hydrogen-bond acceptors (Lipinski definition) is 3. The molecule has 0 aliphatic rings. The van der Waals surface area contributed by atoms with Crippen molar-refractivity contribution in [3.63, 3.8) is 0 Å². The summed E-state index contributed by atoms with van der Waals surface area (Å²) in [5.74, 6) is -0.517. The lowest BCUT2D eigenvalue weighted by Crippen LogP contribution is -1.97. The van der Waals surface area contributed by atoms with Crippen molar-refractivity contribution in [2.75, 3.05) is 0 Å². The van der Waals surface area contributed by atoms with Gasteiger partial charge in [-0.3, -0.25) is 0 Å². The molecule has 0 radical (unpaired) electrons. The molecule has 102 valence electrons. The number of rotatable bonds is 2. The van der Waals surface area contributed by atoms with E-state index in [2.05, 4.69) is 15.1 Å². The third-order valence-corrected chi connectivity index (χ3v) is 3.41. The van der Waals surface area contributed by atoms with Crippen LogP contribution in [-0.2, 0) is 0 Å². The third-order valence-electron chi connectivity index (χ3n) is 3.41. The molecule has 0 amide bonds. The predicted molar refractivity (Wildman–Crippen MR) is 77.7 cm³/mol. The number of nitrogens with one attached hydrogen (secondary N) is 1. The highest BCUT2D eigenvalue weighted by atomic mass is 16.4. The molecular weight excluding hydrogens is 268 g/mol. The number of carboxylic acid groups (broad SMARTS) is 1. The number of imidazole rings is 1. The Hall–Kier alpha value is -3.15. The van der Waals surface area contributed by atoms with Gasteiger partial charge in [0, 0.05) is 11.6 Å². The number of fused-ring (bicyclic) bond motifs is 3. The van der Waals surface area contributed by atoms with Crippen molar-refractivity contribution in [1.82, 2.24) is 19.7 Å². The predicted octanol–water partition coefficient (Wildman–Crippen LogP) is 2.60. The first-order valence-electron chi connectivity index (χ1n) is 6.38. The minimum Gasteiger partial charge on any atom is -0.478 e. The highest BCUT2D eigenvalue weighted by Gasteiger charge is 2.11. The van der Waals surface area contributed by atoms with Crippen LogP contribution in [0.25, 0.3) is 27.8 Å². The normalized spacial score (nSPS) is 11.2. The molecule has 0 spiro atoms. The molecule has 21 heavy (non-hydrogen) atoms. The van der Waals surface area contributed by atoms with E-state index in [1.165, 1.54) is 17.1 Å². The van der Waals surface area contributed by atoms with Crippen LogP contribution >= 0.6 is 0 Å². The molecule has 4 aromatic rings. The molecule has 2 heterocycles. The molecule has 0 atom stereocenters. The van der Waals surface area contributed by atoms with Gasteiger partial charge >= 0.3 is 5.97 Å². The maximum Gasteiger partial charge on any atom is 0.338 e. The van der Waals surface area contributed by atoms with Crippen LogP contribution in [0.4, 0.5) is 0 Å². The minimum absolute atomic E-state index is 0.125. The van der Waals surface area contributed by atoms with Crippen molar-refractivity contribution in [2.45, 2.75) is 0 Å². The lowest BCUT2D eigenvalue weighted by atomic mass is 10.1. The maximum absolute atomic E-state index is 10.9. The van der Waals surface area contributed by atoms with E-state index in [1.807, 2.05) is 36.4 Å². The SMILES string of the molecule is O=C(O)c1cnn(-c2nc3c(ccc4ccccc43)[nH]2)c1. The van der Waals surface area contributed by atoms with Crippen LogP contribution in [-0.4, -0.2) is 30.8 Å². The van der Waals surface area contributed by atoms with Crippen LogP contribution in [0.3, 0.4) is 0 Å². The summed E-state index contributed by atoms with van der Waals surface area (Å²) in [6.45, 7) is 0. The number of nitrogens with zero attached hydrogens (tertiary/aromatic N) is 3. The van der Waals surface area contributed by atoms with Gasteiger partial charge in [-0.2, -0.15) is 5.10 Å². The first-order chi connectivity index (χ1) is 10.2. The van der Waals surface area contributed by atoms with E-state index >= 15 is 0 Å². The highest BCUT2D eigenvalue weighted by molar-refractivity contribution is 6.04. The fourth-order valence-corrected chi connectivity index (χ4v) is 2.39. The number of H-pyrrole nitrogens is 1. The Balaban J connectivity index is 1.93. The molecule has 6 heteroatoms. The van der Waals surface area contributed by atoms with E-state index in [-0.39, 0.29) is 5.56 Å². The van der Waals surface area contributed by atoms with E-state index in [0.717, 1.165) is 21.8 Å². The Bertz CT molecular complexity index is 984. The number of aromatic nitrogens is 4.